The molecule has 3 fully saturated rings. The number of hydrogen-bond acceptors (Lipinski definition) is 8. The number of hydrogen-bond donors (Lipinski definition) is 8. The fraction of sp³-hybridized carbons (Fsp3) is 0.458. The van der Waals surface area contributed by atoms with Crippen LogP contribution in [0.5, 0.6) is 0 Å². The molecule has 9 rings (SSSR count). The van der Waals surface area contributed by atoms with Crippen molar-refractivity contribution in [2.24, 2.45) is 11.7 Å². The van der Waals surface area contributed by atoms with Crippen molar-refractivity contribution in [1.82, 2.24) is 41.7 Å². The summed E-state index contributed by atoms with van der Waals surface area (Å²) in [5, 5.41) is 29.8. The normalized spacial score (nSPS) is 18.8. The Labute approximate surface area is 512 Å². The summed E-state index contributed by atoms with van der Waals surface area (Å²) >= 11 is 0. The zero-order chi connectivity index (χ0) is 60.3. The van der Waals surface area contributed by atoms with Crippen molar-refractivity contribution < 1.29 is 19.2 Å². The lowest BCUT2D eigenvalue weighted by Gasteiger charge is -2.29. The van der Waals surface area contributed by atoms with Crippen LogP contribution in [0.25, 0.3) is 10.8 Å². The minimum atomic E-state index is -0.368. The molecule has 0 bridgehead atoms. The first-order chi connectivity index (χ1) is 42.1. The van der Waals surface area contributed by atoms with E-state index >= 15 is 0 Å². The molecule has 1 unspecified atom stereocenters. The third-order valence-electron chi connectivity index (χ3n) is 17.7. The minimum absolute atomic E-state index is 0.000696. The summed E-state index contributed by atoms with van der Waals surface area (Å²) in [6, 6.07) is 55.7. The second-order valence-electron chi connectivity index (χ2n) is 23.9. The van der Waals surface area contributed by atoms with Crippen LogP contribution in [0.4, 0.5) is 0 Å². The highest BCUT2D eigenvalue weighted by atomic mass is 16.2. The van der Waals surface area contributed by atoms with Gasteiger partial charge in [-0.05, 0) is 116 Å². The Morgan fingerprint density at radius 3 is 1.53 bits per heavy atom. The molecule has 1 aliphatic carbocycles. The second kappa shape index (κ2) is 34.7. The molecule has 6 aromatic carbocycles. The van der Waals surface area contributed by atoms with Crippen molar-refractivity contribution >= 4 is 40.4 Å². The van der Waals surface area contributed by atoms with E-state index < -0.39 is 0 Å². The van der Waals surface area contributed by atoms with Crippen molar-refractivity contribution in [3.63, 3.8) is 0 Å². The van der Waals surface area contributed by atoms with Crippen LogP contribution < -0.4 is 37.6 Å². The molecule has 2 aliphatic heterocycles. The number of nitrogens with zero attached hydrogens (tertiary/aromatic N) is 2. The topological polar surface area (TPSA) is 197 Å². The monoisotopic (exact) mass is 1160 g/mol. The molecular formula is C72H96N10O4. The average Bonchev–Trinajstić information content (AvgIpc) is 3.92. The largest absolute Gasteiger partial charge is 0.370 e. The molecule has 6 aromatic rings. The van der Waals surface area contributed by atoms with E-state index in [-0.39, 0.29) is 71.5 Å². The molecular weight excluding hydrogens is 1070 g/mol. The minimum Gasteiger partial charge on any atom is -0.370 e. The second-order valence-corrected chi connectivity index (χ2v) is 23.9. The van der Waals surface area contributed by atoms with E-state index in [1.807, 2.05) is 89.8 Å². The van der Waals surface area contributed by atoms with Crippen LogP contribution in [0.1, 0.15) is 155 Å². The number of guanidine groups is 1. The van der Waals surface area contributed by atoms with Crippen LogP contribution in [-0.2, 0) is 14.4 Å². The smallest absolute Gasteiger partial charge is 0.251 e. The van der Waals surface area contributed by atoms with Gasteiger partial charge in [-0.25, -0.2) is 0 Å². The summed E-state index contributed by atoms with van der Waals surface area (Å²) < 4.78 is 0. The predicted octanol–water partition coefficient (Wildman–Crippen LogP) is 10.6. The molecule has 14 nitrogen and oxygen atoms in total. The lowest BCUT2D eigenvalue weighted by molar-refractivity contribution is -0.133. The van der Waals surface area contributed by atoms with Gasteiger partial charge in [0, 0.05) is 87.3 Å². The third-order valence-corrected chi connectivity index (χ3v) is 17.7. The van der Waals surface area contributed by atoms with E-state index in [4.69, 9.17) is 11.1 Å². The number of nitrogens with one attached hydrogen (secondary N) is 7. The summed E-state index contributed by atoms with van der Waals surface area (Å²) in [7, 11) is 0. The standard InChI is InChI=1S/C40H48N4O2.C32H48N6O2/c45-39(34-23-22-30-13-10-11-18-33(30)27-34)42-28-36-24-26-44(29-37(31-14-4-1-5-15-31)32-16-6-2-7-17-32)40(46)38(43-36)21-12-25-41-35-19-8-3-9-20-35;1-3-5-13-24(4-2)30(39)36-22-27-19-21-38(31(40)29(37-27)18-12-20-35-32(33)34)23-28(25-14-8-6-9-15-25)26-16-10-7-11-17-26/h1-2,4-7,10-11,13-18,22-23,27,35-38,41,43H,3,8-9,12,19-21,24-26,28-29H2,(H,42,45);6-11,14-17,24,27-29,37H,3-5,12-13,18-23H2,1-2H3,(H,36,39)(H4,33,34,35)/t36-,38-;24?,27-,29-/m00/s1. The van der Waals surface area contributed by atoms with Gasteiger partial charge in [0.2, 0.25) is 17.7 Å². The molecule has 458 valence electrons. The van der Waals surface area contributed by atoms with Crippen molar-refractivity contribution in [3.05, 3.63) is 192 Å². The van der Waals surface area contributed by atoms with Crippen molar-refractivity contribution in [1.29, 1.82) is 5.41 Å². The van der Waals surface area contributed by atoms with Crippen LogP contribution in [0.3, 0.4) is 0 Å². The number of unbranched alkanes of at least 4 members (excludes halogenated alkanes) is 1. The molecule has 0 radical (unpaired) electrons. The number of nitrogens with two attached hydrogens (primary N) is 1. The molecule has 86 heavy (non-hydrogen) atoms. The average molecular weight is 1170 g/mol. The summed E-state index contributed by atoms with van der Waals surface area (Å²) in [4.78, 5) is 58.3. The van der Waals surface area contributed by atoms with Gasteiger partial charge >= 0.3 is 0 Å². The predicted molar refractivity (Wildman–Crippen MR) is 349 cm³/mol. The van der Waals surface area contributed by atoms with E-state index in [2.05, 4.69) is 130 Å². The first-order valence-electron chi connectivity index (χ1n) is 32.2. The maximum Gasteiger partial charge on any atom is 0.251 e. The van der Waals surface area contributed by atoms with Crippen LogP contribution in [0.15, 0.2) is 164 Å². The van der Waals surface area contributed by atoms with Gasteiger partial charge < -0.3 is 47.4 Å². The molecule has 14 heteroatoms. The van der Waals surface area contributed by atoms with Gasteiger partial charge in [0.25, 0.3) is 5.91 Å². The molecule has 5 atom stereocenters. The summed E-state index contributed by atoms with van der Waals surface area (Å²) in [6.07, 6.45) is 14.9. The van der Waals surface area contributed by atoms with Crippen molar-refractivity contribution in [3.8, 4) is 0 Å². The van der Waals surface area contributed by atoms with E-state index in [1.165, 1.54) is 54.4 Å². The van der Waals surface area contributed by atoms with Gasteiger partial charge in [-0.3, -0.25) is 24.6 Å². The summed E-state index contributed by atoms with van der Waals surface area (Å²) in [5.74, 6) is 0.401. The fourth-order valence-electron chi connectivity index (χ4n) is 12.7. The summed E-state index contributed by atoms with van der Waals surface area (Å²) in [5.41, 5.74) is 10.9. The molecule has 2 heterocycles. The SMILES string of the molecule is CCCCC(CC)C(=O)NC[C@@H]1CCN(CC(c2ccccc2)c2ccccc2)C(=O)[C@H](CCCNC(=N)N)N1.O=C(NC[C@@H]1CCN(CC(c2ccccc2)c2ccccc2)C(=O)[C@H](CCCNC2CCCCC2)N1)c1ccc2ccccc2c1. The number of carbonyl (C=O) groups is 4. The fourth-order valence-corrected chi connectivity index (χ4v) is 12.7. The zero-order valence-corrected chi connectivity index (χ0v) is 51.1. The maximum absolute atomic E-state index is 14.2. The number of amides is 4. The molecule has 2 saturated heterocycles. The van der Waals surface area contributed by atoms with Gasteiger partial charge in [-0.1, -0.05) is 198 Å². The van der Waals surface area contributed by atoms with Gasteiger partial charge in [0.1, 0.15) is 0 Å². The van der Waals surface area contributed by atoms with Crippen LogP contribution in [-0.4, -0.2) is 122 Å². The third kappa shape index (κ3) is 19.8. The van der Waals surface area contributed by atoms with Gasteiger partial charge in [0.05, 0.1) is 12.1 Å². The highest BCUT2D eigenvalue weighted by Crippen LogP contribution is 2.30. The van der Waals surface area contributed by atoms with E-state index in [1.54, 1.807) is 0 Å². The van der Waals surface area contributed by atoms with Crippen molar-refractivity contribution in [2.75, 3.05) is 52.4 Å². The summed E-state index contributed by atoms with van der Waals surface area (Å²) in [6.45, 7) is 9.15. The zero-order valence-electron chi connectivity index (χ0n) is 51.1. The molecule has 4 amide bonds. The van der Waals surface area contributed by atoms with E-state index in [9.17, 15) is 19.2 Å². The Hall–Kier alpha value is -7.39. The van der Waals surface area contributed by atoms with Gasteiger partial charge in [-0.2, -0.15) is 0 Å². The van der Waals surface area contributed by atoms with Gasteiger partial charge in [-0.15, -0.1) is 0 Å². The van der Waals surface area contributed by atoms with Crippen molar-refractivity contribution in [2.45, 2.75) is 152 Å². The molecule has 9 N–H and O–H groups in total. The molecule has 1 saturated carbocycles. The van der Waals surface area contributed by atoms with E-state index in [0.29, 0.717) is 70.3 Å². The Morgan fingerprint density at radius 1 is 0.570 bits per heavy atom. The maximum atomic E-state index is 14.2. The lowest BCUT2D eigenvalue weighted by atomic mass is 9.90. The highest BCUT2D eigenvalue weighted by Gasteiger charge is 2.35. The first kappa shape index (κ1) is 64.6. The Bertz CT molecular complexity index is 2920. The molecule has 0 aromatic heterocycles. The Balaban J connectivity index is 0.000000226. The highest BCUT2D eigenvalue weighted by molar-refractivity contribution is 5.98. The van der Waals surface area contributed by atoms with Gasteiger partial charge in [0.15, 0.2) is 5.96 Å². The lowest BCUT2D eigenvalue weighted by Crippen LogP contribution is -2.49. The quantitative estimate of drug-likeness (QED) is 0.0141. The number of rotatable bonds is 27. The van der Waals surface area contributed by atoms with E-state index in [0.717, 1.165) is 68.7 Å². The number of carbonyl (C=O) groups excluding carboxylic acids is 4. The van der Waals surface area contributed by atoms with Crippen LogP contribution in [0, 0.1) is 11.3 Å². The molecule has 3 aliphatic rings. The first-order valence-corrected chi connectivity index (χ1v) is 32.2. The van der Waals surface area contributed by atoms with Crippen LogP contribution in [0.2, 0.25) is 0 Å². The van der Waals surface area contributed by atoms with Crippen LogP contribution >= 0.6 is 0 Å². The number of benzene rings is 6. The Morgan fingerprint density at radius 2 is 1.05 bits per heavy atom. The number of fused-ring (bicyclic) bond motifs is 1. The molecule has 0 spiro atoms. The Kier molecular flexibility index (Phi) is 26.1.